The van der Waals surface area contributed by atoms with Gasteiger partial charge in [0.1, 0.15) is 5.01 Å². The number of thiazole rings is 1. The van der Waals surface area contributed by atoms with E-state index in [2.05, 4.69) is 33.4 Å². The molecule has 0 radical (unpaired) electrons. The van der Waals surface area contributed by atoms with E-state index in [1.165, 1.54) is 11.3 Å². The lowest BCUT2D eigenvalue weighted by Crippen LogP contribution is -1.97. The molecule has 1 unspecified atom stereocenters. The number of aromatic nitrogens is 1. The molecule has 1 aromatic heterocycles. The Morgan fingerprint density at radius 1 is 1.35 bits per heavy atom. The maximum atomic E-state index is 5.41. The van der Waals surface area contributed by atoms with Crippen molar-refractivity contribution in [3.05, 3.63) is 39.8 Å². The van der Waals surface area contributed by atoms with E-state index < -0.39 is 0 Å². The fourth-order valence-electron chi connectivity index (χ4n) is 2.00. The highest BCUT2D eigenvalue weighted by Crippen LogP contribution is 2.33. The van der Waals surface area contributed by atoms with Gasteiger partial charge in [0.25, 0.3) is 0 Å². The first-order valence-corrected chi connectivity index (χ1v) is 7.30. The smallest absolute Gasteiger partial charge is 0.124 e. The minimum Gasteiger partial charge on any atom is -0.381 e. The maximum Gasteiger partial charge on any atom is 0.124 e. The van der Waals surface area contributed by atoms with Crippen molar-refractivity contribution in [1.82, 2.24) is 4.98 Å². The fraction of sp³-hybridized carbons (Fsp3) is 0.308. The van der Waals surface area contributed by atoms with Crippen molar-refractivity contribution >= 4 is 27.3 Å². The summed E-state index contributed by atoms with van der Waals surface area (Å²) in [5, 5.41) is 3.24. The van der Waals surface area contributed by atoms with Crippen LogP contribution in [0.25, 0.3) is 10.6 Å². The number of ether oxygens (including phenoxy) is 1. The predicted octanol–water partition coefficient (Wildman–Crippen LogP) is 4.08. The Labute approximate surface area is 113 Å². The lowest BCUT2D eigenvalue weighted by atomic mass is 10.1. The van der Waals surface area contributed by atoms with E-state index in [4.69, 9.17) is 9.72 Å². The second kappa shape index (κ2) is 4.88. The Bertz CT molecular complexity index is 520. The van der Waals surface area contributed by atoms with E-state index in [0.29, 0.717) is 5.92 Å². The Balaban J connectivity index is 1.92. The molecule has 1 aliphatic heterocycles. The Morgan fingerprint density at radius 3 is 3.00 bits per heavy atom. The van der Waals surface area contributed by atoms with Crippen LogP contribution in [0.3, 0.4) is 0 Å². The number of rotatable bonds is 2. The maximum absolute atomic E-state index is 5.41. The van der Waals surface area contributed by atoms with Crippen LogP contribution in [0.4, 0.5) is 0 Å². The van der Waals surface area contributed by atoms with Gasteiger partial charge in [0, 0.05) is 27.9 Å². The third-order valence-corrected chi connectivity index (χ3v) is 4.56. The second-order valence-corrected chi connectivity index (χ2v) is 5.83. The van der Waals surface area contributed by atoms with Gasteiger partial charge in [0.2, 0.25) is 0 Å². The molecule has 0 amide bonds. The summed E-state index contributed by atoms with van der Waals surface area (Å²) in [4.78, 5) is 4.73. The van der Waals surface area contributed by atoms with Crippen molar-refractivity contribution in [2.75, 3.05) is 13.2 Å². The number of hydrogen-bond acceptors (Lipinski definition) is 3. The zero-order valence-corrected chi connectivity index (χ0v) is 11.6. The van der Waals surface area contributed by atoms with Crippen LogP contribution >= 0.6 is 27.3 Å². The van der Waals surface area contributed by atoms with Crippen LogP contribution in [0.2, 0.25) is 0 Å². The molecule has 4 heteroatoms. The summed E-state index contributed by atoms with van der Waals surface area (Å²) in [6.45, 7) is 1.69. The molecule has 1 fully saturated rings. The van der Waals surface area contributed by atoms with Gasteiger partial charge < -0.3 is 4.74 Å². The van der Waals surface area contributed by atoms with Gasteiger partial charge >= 0.3 is 0 Å². The summed E-state index contributed by atoms with van der Waals surface area (Å²) in [6, 6.07) is 8.21. The van der Waals surface area contributed by atoms with E-state index in [0.717, 1.165) is 29.1 Å². The molecule has 2 nitrogen and oxygen atoms in total. The van der Waals surface area contributed by atoms with Crippen molar-refractivity contribution < 1.29 is 4.74 Å². The molecule has 0 saturated carbocycles. The van der Waals surface area contributed by atoms with E-state index in [1.807, 2.05) is 12.1 Å². The summed E-state index contributed by atoms with van der Waals surface area (Å²) in [7, 11) is 0. The van der Waals surface area contributed by atoms with Crippen LogP contribution in [0.5, 0.6) is 0 Å². The van der Waals surface area contributed by atoms with Crippen molar-refractivity contribution in [1.29, 1.82) is 0 Å². The van der Waals surface area contributed by atoms with Crippen LogP contribution in [0.1, 0.15) is 18.0 Å². The van der Waals surface area contributed by atoms with Gasteiger partial charge in [-0.25, -0.2) is 4.98 Å². The normalized spacial score (nSPS) is 19.7. The van der Waals surface area contributed by atoms with Gasteiger partial charge in [-0.2, -0.15) is 0 Å². The highest BCUT2D eigenvalue weighted by atomic mass is 79.9. The molecule has 2 aromatic rings. The molecule has 3 rings (SSSR count). The number of halogens is 1. The summed E-state index contributed by atoms with van der Waals surface area (Å²) < 4.78 is 6.51. The molecular weight excluding hydrogens is 298 g/mol. The van der Waals surface area contributed by atoms with E-state index in [1.54, 1.807) is 11.3 Å². The highest BCUT2D eigenvalue weighted by molar-refractivity contribution is 9.10. The SMILES string of the molecule is Brc1ccccc1-c1nc(C2CCOC2)cs1. The minimum absolute atomic E-state index is 0.488. The second-order valence-electron chi connectivity index (χ2n) is 4.12. The molecule has 17 heavy (non-hydrogen) atoms. The Kier molecular flexibility index (Phi) is 3.27. The van der Waals surface area contributed by atoms with Crippen LogP contribution in [0, 0.1) is 0 Å². The molecule has 1 aliphatic rings. The van der Waals surface area contributed by atoms with Crippen LogP contribution in [-0.2, 0) is 4.74 Å². The molecule has 1 aromatic carbocycles. The fourth-order valence-corrected chi connectivity index (χ4v) is 3.54. The lowest BCUT2D eigenvalue weighted by molar-refractivity contribution is 0.193. The average molecular weight is 310 g/mol. The monoisotopic (exact) mass is 309 g/mol. The molecule has 0 spiro atoms. The molecule has 88 valence electrons. The van der Waals surface area contributed by atoms with Gasteiger partial charge in [-0.1, -0.05) is 34.1 Å². The number of benzene rings is 1. The van der Waals surface area contributed by atoms with E-state index in [9.17, 15) is 0 Å². The van der Waals surface area contributed by atoms with Crippen LogP contribution in [-0.4, -0.2) is 18.2 Å². The molecule has 0 N–H and O–H groups in total. The first-order valence-electron chi connectivity index (χ1n) is 5.62. The van der Waals surface area contributed by atoms with E-state index in [-0.39, 0.29) is 0 Å². The summed E-state index contributed by atoms with van der Waals surface area (Å²) >= 11 is 5.27. The van der Waals surface area contributed by atoms with Crippen LogP contribution in [0.15, 0.2) is 34.1 Å². The standard InChI is InChI=1S/C13H12BrNOS/c14-11-4-2-1-3-10(11)13-15-12(8-17-13)9-5-6-16-7-9/h1-4,8-9H,5-7H2. The van der Waals surface area contributed by atoms with Gasteiger partial charge in [0.15, 0.2) is 0 Å². The minimum atomic E-state index is 0.488. The third kappa shape index (κ3) is 2.30. The molecule has 2 heterocycles. The van der Waals surface area contributed by atoms with Crippen molar-refractivity contribution in [3.8, 4) is 10.6 Å². The lowest BCUT2D eigenvalue weighted by Gasteiger charge is -2.02. The Morgan fingerprint density at radius 2 is 2.24 bits per heavy atom. The van der Waals surface area contributed by atoms with Crippen molar-refractivity contribution in [3.63, 3.8) is 0 Å². The van der Waals surface area contributed by atoms with Gasteiger partial charge in [0.05, 0.1) is 12.3 Å². The van der Waals surface area contributed by atoms with Crippen molar-refractivity contribution in [2.45, 2.75) is 12.3 Å². The first kappa shape index (κ1) is 11.4. The van der Waals surface area contributed by atoms with Gasteiger partial charge in [-0.05, 0) is 12.5 Å². The Hall–Kier alpha value is -0.710. The zero-order chi connectivity index (χ0) is 11.7. The zero-order valence-electron chi connectivity index (χ0n) is 9.23. The highest BCUT2D eigenvalue weighted by Gasteiger charge is 2.20. The summed E-state index contributed by atoms with van der Waals surface area (Å²) in [5.74, 6) is 0.488. The molecular formula is C13H12BrNOS. The first-order chi connectivity index (χ1) is 8.34. The predicted molar refractivity (Wildman–Crippen MR) is 73.4 cm³/mol. The summed E-state index contributed by atoms with van der Waals surface area (Å²) in [6.07, 6.45) is 1.10. The molecule has 0 bridgehead atoms. The molecule has 1 atom stereocenters. The number of hydrogen-bond donors (Lipinski definition) is 0. The van der Waals surface area contributed by atoms with Gasteiger partial charge in [-0.15, -0.1) is 11.3 Å². The summed E-state index contributed by atoms with van der Waals surface area (Å²) in [5.41, 5.74) is 2.35. The van der Waals surface area contributed by atoms with Crippen molar-refractivity contribution in [2.24, 2.45) is 0 Å². The van der Waals surface area contributed by atoms with E-state index >= 15 is 0 Å². The quantitative estimate of drug-likeness (QED) is 0.834. The van der Waals surface area contributed by atoms with Crippen LogP contribution < -0.4 is 0 Å². The third-order valence-electron chi connectivity index (χ3n) is 2.97. The van der Waals surface area contributed by atoms with Gasteiger partial charge in [-0.3, -0.25) is 0 Å². The average Bonchev–Trinajstić information content (AvgIpc) is 3.00. The number of nitrogens with zero attached hydrogens (tertiary/aromatic N) is 1. The molecule has 1 saturated heterocycles. The molecule has 0 aliphatic carbocycles. The largest absolute Gasteiger partial charge is 0.381 e. The topological polar surface area (TPSA) is 22.1 Å².